The van der Waals surface area contributed by atoms with Gasteiger partial charge in [0.05, 0.1) is 10.2 Å². The molecule has 186 valence electrons. The fraction of sp³-hybridized carbons (Fsp3) is 0.480. The zero-order chi connectivity index (χ0) is 24.4. The molecule has 0 atom stereocenters. The summed E-state index contributed by atoms with van der Waals surface area (Å²) in [6.45, 7) is 5.38. The van der Waals surface area contributed by atoms with Gasteiger partial charge >= 0.3 is 0 Å². The molecular formula is C25H32BrN7O2. The normalized spacial score (nSPS) is 17.8. The quantitative estimate of drug-likeness (QED) is 0.495. The Hall–Kier alpha value is -2.69. The third kappa shape index (κ3) is 5.29. The van der Waals surface area contributed by atoms with Crippen LogP contribution >= 0.6 is 15.9 Å². The number of carbonyl (C=O) groups excluding carboxylic acids is 1. The molecule has 2 N–H and O–H groups in total. The van der Waals surface area contributed by atoms with Gasteiger partial charge in [-0.2, -0.15) is 0 Å². The first kappa shape index (κ1) is 24.0. The second-order valence-electron chi connectivity index (χ2n) is 9.33. The van der Waals surface area contributed by atoms with E-state index in [2.05, 4.69) is 72.3 Å². The summed E-state index contributed by atoms with van der Waals surface area (Å²) >= 11 is 3.67. The predicted octanol–water partition coefficient (Wildman–Crippen LogP) is 3.19. The topological polar surface area (TPSA) is 89.6 Å². The largest absolute Gasteiger partial charge is 0.379 e. The number of benzene rings is 1. The van der Waals surface area contributed by atoms with E-state index in [4.69, 9.17) is 9.72 Å². The molecular weight excluding hydrogens is 510 g/mol. The van der Waals surface area contributed by atoms with Crippen LogP contribution in [0, 0.1) is 0 Å². The van der Waals surface area contributed by atoms with Gasteiger partial charge in [0, 0.05) is 56.8 Å². The minimum Gasteiger partial charge on any atom is -0.379 e. The van der Waals surface area contributed by atoms with Crippen LogP contribution in [-0.2, 0) is 9.53 Å². The molecule has 1 aromatic carbocycles. The standard InChI is InChI=1S/C25H32BrN7O2/c1-31-9-7-18(8-10-31)28-22-20(26)15-27-25-23(22)29-24(30-25)17-3-5-19(6-4-17)32-11-13-33(14-12-32)21(34)16-35-2/h3-6,15,18H,7-14,16H2,1-2H3,(H2,27,28,29,30). The van der Waals surface area contributed by atoms with Crippen LogP contribution in [0.1, 0.15) is 12.8 Å². The van der Waals surface area contributed by atoms with Crippen LogP contribution in [-0.4, -0.2) is 96.7 Å². The molecule has 1 amide bonds. The minimum absolute atomic E-state index is 0.0531. The number of pyridine rings is 1. The Balaban J connectivity index is 1.30. The van der Waals surface area contributed by atoms with Crippen molar-refractivity contribution in [3.05, 3.63) is 34.9 Å². The molecule has 0 bridgehead atoms. The van der Waals surface area contributed by atoms with Gasteiger partial charge in [-0.15, -0.1) is 0 Å². The number of nitrogens with one attached hydrogen (secondary N) is 2. The molecule has 3 aromatic rings. The SMILES string of the molecule is COCC(=O)N1CCN(c2ccc(-c3nc4c(NC5CCN(C)CC5)c(Br)cnc4[nH]3)cc2)CC1. The van der Waals surface area contributed by atoms with Gasteiger partial charge in [-0.1, -0.05) is 0 Å². The van der Waals surface area contributed by atoms with E-state index in [0.29, 0.717) is 19.1 Å². The first-order chi connectivity index (χ1) is 17.0. The molecule has 2 aliphatic heterocycles. The molecule has 9 nitrogen and oxygen atoms in total. The van der Waals surface area contributed by atoms with Gasteiger partial charge in [-0.3, -0.25) is 4.79 Å². The summed E-state index contributed by atoms with van der Waals surface area (Å²) in [6, 6.07) is 8.85. The Morgan fingerprint density at radius 1 is 1.14 bits per heavy atom. The van der Waals surface area contributed by atoms with Crippen molar-refractivity contribution in [2.45, 2.75) is 18.9 Å². The van der Waals surface area contributed by atoms with Crippen LogP contribution in [0.2, 0.25) is 0 Å². The molecule has 2 fully saturated rings. The number of halogens is 1. The fourth-order valence-electron chi connectivity index (χ4n) is 4.82. The highest BCUT2D eigenvalue weighted by atomic mass is 79.9. The lowest BCUT2D eigenvalue weighted by Crippen LogP contribution is -2.49. The van der Waals surface area contributed by atoms with E-state index < -0.39 is 0 Å². The number of carbonyl (C=O) groups is 1. The number of hydrogen-bond donors (Lipinski definition) is 2. The Kier molecular flexibility index (Phi) is 7.22. The van der Waals surface area contributed by atoms with Gasteiger partial charge in [0.15, 0.2) is 5.65 Å². The van der Waals surface area contributed by atoms with Crippen molar-refractivity contribution < 1.29 is 9.53 Å². The lowest BCUT2D eigenvalue weighted by atomic mass is 10.1. The van der Waals surface area contributed by atoms with Crippen molar-refractivity contribution in [2.24, 2.45) is 0 Å². The lowest BCUT2D eigenvalue weighted by Gasteiger charge is -2.36. The molecule has 0 radical (unpaired) electrons. The highest BCUT2D eigenvalue weighted by Gasteiger charge is 2.22. The lowest BCUT2D eigenvalue weighted by molar-refractivity contribution is -0.135. The van der Waals surface area contributed by atoms with E-state index in [1.165, 1.54) is 0 Å². The number of hydrogen-bond acceptors (Lipinski definition) is 7. The number of piperidine rings is 1. The van der Waals surface area contributed by atoms with Crippen molar-refractivity contribution in [2.75, 3.05) is 70.2 Å². The number of aromatic amines is 1. The molecule has 10 heteroatoms. The molecule has 2 aromatic heterocycles. The number of anilines is 2. The Bertz CT molecular complexity index is 1170. The molecule has 0 saturated carbocycles. The van der Waals surface area contributed by atoms with Crippen LogP contribution in [0.15, 0.2) is 34.9 Å². The summed E-state index contributed by atoms with van der Waals surface area (Å²) in [5.41, 5.74) is 4.80. The number of piperazine rings is 1. The number of amides is 1. The van der Waals surface area contributed by atoms with E-state index in [1.54, 1.807) is 7.11 Å². The summed E-state index contributed by atoms with van der Waals surface area (Å²) in [5, 5.41) is 3.71. The van der Waals surface area contributed by atoms with Crippen molar-refractivity contribution in [1.82, 2.24) is 24.8 Å². The van der Waals surface area contributed by atoms with E-state index >= 15 is 0 Å². The van der Waals surface area contributed by atoms with E-state index in [9.17, 15) is 4.79 Å². The number of fused-ring (bicyclic) bond motifs is 1. The molecule has 5 rings (SSSR count). The van der Waals surface area contributed by atoms with E-state index in [0.717, 1.165) is 77.4 Å². The summed E-state index contributed by atoms with van der Waals surface area (Å²) in [7, 11) is 3.73. The Morgan fingerprint density at radius 3 is 2.54 bits per heavy atom. The Morgan fingerprint density at radius 2 is 1.86 bits per heavy atom. The van der Waals surface area contributed by atoms with Gasteiger partial charge in [0.2, 0.25) is 5.91 Å². The smallest absolute Gasteiger partial charge is 0.248 e. The third-order valence-corrected chi connectivity index (χ3v) is 7.54. The van der Waals surface area contributed by atoms with Gasteiger partial charge in [-0.05, 0) is 73.2 Å². The number of ether oxygens (including phenoxy) is 1. The number of imidazole rings is 1. The number of H-pyrrole nitrogens is 1. The molecule has 0 unspecified atom stereocenters. The van der Waals surface area contributed by atoms with Crippen LogP contribution in [0.5, 0.6) is 0 Å². The van der Waals surface area contributed by atoms with Gasteiger partial charge in [0.1, 0.15) is 17.9 Å². The maximum Gasteiger partial charge on any atom is 0.248 e. The molecule has 4 heterocycles. The number of methoxy groups -OCH3 is 1. The van der Waals surface area contributed by atoms with Crippen molar-refractivity contribution in [1.29, 1.82) is 0 Å². The zero-order valence-electron chi connectivity index (χ0n) is 20.3. The maximum absolute atomic E-state index is 12.0. The van der Waals surface area contributed by atoms with Gasteiger partial charge in [-0.25, -0.2) is 9.97 Å². The molecule has 0 aliphatic carbocycles. The van der Waals surface area contributed by atoms with Gasteiger partial charge in [0.25, 0.3) is 0 Å². The number of rotatable bonds is 6. The highest BCUT2D eigenvalue weighted by molar-refractivity contribution is 9.10. The minimum atomic E-state index is 0.0531. The Labute approximate surface area is 214 Å². The van der Waals surface area contributed by atoms with Crippen molar-refractivity contribution >= 4 is 44.4 Å². The van der Waals surface area contributed by atoms with E-state index in [1.807, 2.05) is 11.1 Å². The summed E-state index contributed by atoms with van der Waals surface area (Å²) in [6.07, 6.45) is 4.06. The van der Waals surface area contributed by atoms with Crippen LogP contribution in [0.3, 0.4) is 0 Å². The predicted molar refractivity (Wildman–Crippen MR) is 142 cm³/mol. The summed E-state index contributed by atoms with van der Waals surface area (Å²) in [5.74, 6) is 0.857. The van der Waals surface area contributed by atoms with Gasteiger partial charge < -0.3 is 29.7 Å². The molecule has 35 heavy (non-hydrogen) atoms. The number of nitrogens with zero attached hydrogens (tertiary/aromatic N) is 5. The second-order valence-corrected chi connectivity index (χ2v) is 10.2. The highest BCUT2D eigenvalue weighted by Crippen LogP contribution is 2.32. The first-order valence-corrected chi connectivity index (χ1v) is 12.9. The maximum atomic E-state index is 12.0. The summed E-state index contributed by atoms with van der Waals surface area (Å²) in [4.78, 5) is 31.5. The average molecular weight is 542 g/mol. The third-order valence-electron chi connectivity index (χ3n) is 6.94. The average Bonchev–Trinajstić information content (AvgIpc) is 3.32. The molecule has 0 spiro atoms. The number of likely N-dealkylation sites (tertiary alicyclic amines) is 1. The fourth-order valence-corrected chi connectivity index (χ4v) is 5.23. The van der Waals surface area contributed by atoms with Crippen molar-refractivity contribution in [3.8, 4) is 11.4 Å². The zero-order valence-corrected chi connectivity index (χ0v) is 21.8. The van der Waals surface area contributed by atoms with Crippen molar-refractivity contribution in [3.63, 3.8) is 0 Å². The number of aromatic nitrogens is 3. The van der Waals surface area contributed by atoms with E-state index in [-0.39, 0.29) is 12.5 Å². The van der Waals surface area contributed by atoms with Crippen LogP contribution < -0.4 is 10.2 Å². The molecule has 2 saturated heterocycles. The second kappa shape index (κ2) is 10.5. The summed E-state index contributed by atoms with van der Waals surface area (Å²) < 4.78 is 5.91. The first-order valence-electron chi connectivity index (χ1n) is 12.1. The molecule has 2 aliphatic rings. The monoisotopic (exact) mass is 541 g/mol. The van der Waals surface area contributed by atoms with Crippen LogP contribution in [0.25, 0.3) is 22.6 Å². The van der Waals surface area contributed by atoms with Crippen LogP contribution in [0.4, 0.5) is 11.4 Å².